The van der Waals surface area contributed by atoms with Gasteiger partial charge in [-0.1, -0.05) is 0 Å². The van der Waals surface area contributed by atoms with E-state index in [2.05, 4.69) is 0 Å². The van der Waals surface area contributed by atoms with Gasteiger partial charge in [-0.3, -0.25) is 0 Å². The second-order valence-corrected chi connectivity index (χ2v) is 4.32. The third-order valence-corrected chi connectivity index (χ3v) is 3.58. The molecule has 0 spiro atoms. The standard InChI is InChI=1S/C9H13NOS/c10-9-6-12-5-7(9)4-8-2-1-3-11-8/h1-3,7,9H,4-6,10H2. The fourth-order valence-electron chi connectivity index (χ4n) is 1.51. The van der Waals surface area contributed by atoms with Gasteiger partial charge in [0, 0.05) is 18.2 Å². The van der Waals surface area contributed by atoms with Crippen molar-refractivity contribution in [1.82, 2.24) is 0 Å². The molecule has 1 aromatic heterocycles. The van der Waals surface area contributed by atoms with Crippen molar-refractivity contribution in [3.05, 3.63) is 24.2 Å². The van der Waals surface area contributed by atoms with Crippen LogP contribution in [0.15, 0.2) is 22.8 Å². The van der Waals surface area contributed by atoms with Crippen LogP contribution in [0.25, 0.3) is 0 Å². The Morgan fingerprint density at radius 3 is 3.08 bits per heavy atom. The Kier molecular flexibility index (Phi) is 2.42. The van der Waals surface area contributed by atoms with Gasteiger partial charge in [0.25, 0.3) is 0 Å². The molecule has 0 bridgehead atoms. The third-order valence-electron chi connectivity index (χ3n) is 2.29. The third kappa shape index (κ3) is 1.67. The average Bonchev–Trinajstić information content (AvgIpc) is 2.65. The Labute approximate surface area is 76.5 Å². The predicted molar refractivity (Wildman–Crippen MR) is 51.2 cm³/mol. The van der Waals surface area contributed by atoms with Crippen LogP contribution in [-0.2, 0) is 6.42 Å². The summed E-state index contributed by atoms with van der Waals surface area (Å²) in [6.45, 7) is 0. The van der Waals surface area contributed by atoms with Crippen LogP contribution < -0.4 is 5.73 Å². The van der Waals surface area contributed by atoms with Gasteiger partial charge < -0.3 is 10.2 Å². The maximum absolute atomic E-state index is 5.93. The van der Waals surface area contributed by atoms with E-state index in [0.29, 0.717) is 12.0 Å². The summed E-state index contributed by atoms with van der Waals surface area (Å²) in [6.07, 6.45) is 2.73. The highest BCUT2D eigenvalue weighted by molar-refractivity contribution is 7.99. The molecule has 0 saturated carbocycles. The van der Waals surface area contributed by atoms with Crippen LogP contribution in [0.2, 0.25) is 0 Å². The minimum absolute atomic E-state index is 0.361. The van der Waals surface area contributed by atoms with E-state index in [4.69, 9.17) is 10.2 Å². The summed E-state index contributed by atoms with van der Waals surface area (Å²) in [5, 5.41) is 0. The SMILES string of the molecule is NC1CSCC1Cc1ccco1. The smallest absolute Gasteiger partial charge is 0.104 e. The zero-order valence-corrected chi connectivity index (χ0v) is 7.72. The first-order valence-electron chi connectivity index (χ1n) is 4.22. The van der Waals surface area contributed by atoms with Gasteiger partial charge >= 0.3 is 0 Å². The lowest BCUT2D eigenvalue weighted by atomic mass is 9.99. The van der Waals surface area contributed by atoms with Gasteiger partial charge in [0.2, 0.25) is 0 Å². The normalized spacial score (nSPS) is 29.4. The van der Waals surface area contributed by atoms with Gasteiger partial charge in [-0.2, -0.15) is 11.8 Å². The first kappa shape index (κ1) is 8.20. The van der Waals surface area contributed by atoms with Crippen LogP contribution in [0.1, 0.15) is 5.76 Å². The molecule has 2 heterocycles. The molecule has 0 aliphatic carbocycles. The van der Waals surface area contributed by atoms with E-state index in [1.54, 1.807) is 6.26 Å². The zero-order valence-electron chi connectivity index (χ0n) is 6.90. The molecule has 2 atom stereocenters. The summed E-state index contributed by atoms with van der Waals surface area (Å²) in [4.78, 5) is 0. The largest absolute Gasteiger partial charge is 0.469 e. The van der Waals surface area contributed by atoms with Crippen molar-refractivity contribution in [2.75, 3.05) is 11.5 Å². The van der Waals surface area contributed by atoms with Crippen molar-refractivity contribution in [2.24, 2.45) is 11.7 Å². The van der Waals surface area contributed by atoms with E-state index in [1.165, 1.54) is 5.75 Å². The fraction of sp³-hybridized carbons (Fsp3) is 0.556. The molecule has 66 valence electrons. The first-order chi connectivity index (χ1) is 5.86. The highest BCUT2D eigenvalue weighted by atomic mass is 32.2. The van der Waals surface area contributed by atoms with Crippen LogP contribution in [0.5, 0.6) is 0 Å². The van der Waals surface area contributed by atoms with Gasteiger partial charge in [-0.05, 0) is 23.8 Å². The summed E-state index contributed by atoms with van der Waals surface area (Å²) in [7, 11) is 0. The lowest BCUT2D eigenvalue weighted by Gasteiger charge is -2.11. The molecule has 1 aliphatic heterocycles. The molecular weight excluding hydrogens is 170 g/mol. The topological polar surface area (TPSA) is 39.2 Å². The minimum Gasteiger partial charge on any atom is -0.469 e. The maximum Gasteiger partial charge on any atom is 0.104 e. The van der Waals surface area contributed by atoms with Gasteiger partial charge in [0.1, 0.15) is 5.76 Å². The Morgan fingerprint density at radius 2 is 2.50 bits per heavy atom. The molecular formula is C9H13NOS. The lowest BCUT2D eigenvalue weighted by Crippen LogP contribution is -2.29. The molecule has 0 radical (unpaired) electrons. The van der Waals surface area contributed by atoms with Crippen LogP contribution in [0, 0.1) is 5.92 Å². The number of hydrogen-bond acceptors (Lipinski definition) is 3. The molecule has 2 rings (SSSR count). The van der Waals surface area contributed by atoms with E-state index >= 15 is 0 Å². The van der Waals surface area contributed by atoms with E-state index < -0.39 is 0 Å². The van der Waals surface area contributed by atoms with Gasteiger partial charge in [-0.25, -0.2) is 0 Å². The van der Waals surface area contributed by atoms with E-state index in [9.17, 15) is 0 Å². The number of hydrogen-bond donors (Lipinski definition) is 1. The monoisotopic (exact) mass is 183 g/mol. The second-order valence-electron chi connectivity index (χ2n) is 3.24. The molecule has 2 N–H and O–H groups in total. The lowest BCUT2D eigenvalue weighted by molar-refractivity contribution is 0.435. The summed E-state index contributed by atoms with van der Waals surface area (Å²) in [5.41, 5.74) is 5.93. The van der Waals surface area contributed by atoms with Crippen molar-refractivity contribution < 1.29 is 4.42 Å². The van der Waals surface area contributed by atoms with Crippen molar-refractivity contribution in [3.63, 3.8) is 0 Å². The Balaban J connectivity index is 1.95. The summed E-state index contributed by atoms with van der Waals surface area (Å²) in [5.74, 6) is 3.96. The highest BCUT2D eigenvalue weighted by Crippen LogP contribution is 2.25. The molecule has 2 unspecified atom stereocenters. The molecule has 3 heteroatoms. The minimum atomic E-state index is 0.361. The Morgan fingerprint density at radius 1 is 1.58 bits per heavy atom. The maximum atomic E-state index is 5.93. The highest BCUT2D eigenvalue weighted by Gasteiger charge is 2.25. The quantitative estimate of drug-likeness (QED) is 0.755. The molecule has 1 saturated heterocycles. The van der Waals surface area contributed by atoms with Crippen LogP contribution in [0.3, 0.4) is 0 Å². The zero-order chi connectivity index (χ0) is 8.39. The molecule has 1 fully saturated rings. The average molecular weight is 183 g/mol. The summed E-state index contributed by atoms with van der Waals surface area (Å²) < 4.78 is 5.28. The van der Waals surface area contributed by atoms with E-state index in [1.807, 2.05) is 23.9 Å². The number of thioether (sulfide) groups is 1. The molecule has 0 aromatic carbocycles. The van der Waals surface area contributed by atoms with Crippen LogP contribution >= 0.6 is 11.8 Å². The Bertz CT molecular complexity index is 235. The number of furan rings is 1. The number of nitrogens with two attached hydrogens (primary N) is 1. The predicted octanol–water partition coefficient (Wildman–Crippen LogP) is 1.51. The molecule has 1 aliphatic rings. The molecule has 2 nitrogen and oxygen atoms in total. The van der Waals surface area contributed by atoms with Crippen molar-refractivity contribution >= 4 is 11.8 Å². The molecule has 12 heavy (non-hydrogen) atoms. The molecule has 1 aromatic rings. The van der Waals surface area contributed by atoms with Gasteiger partial charge in [-0.15, -0.1) is 0 Å². The summed E-state index contributed by atoms with van der Waals surface area (Å²) in [6, 6.07) is 4.32. The van der Waals surface area contributed by atoms with E-state index in [0.717, 1.165) is 17.9 Å². The van der Waals surface area contributed by atoms with Crippen LogP contribution in [0.4, 0.5) is 0 Å². The van der Waals surface area contributed by atoms with Crippen molar-refractivity contribution in [1.29, 1.82) is 0 Å². The Hall–Kier alpha value is -0.410. The van der Waals surface area contributed by atoms with Crippen molar-refractivity contribution in [3.8, 4) is 0 Å². The van der Waals surface area contributed by atoms with Crippen LogP contribution in [-0.4, -0.2) is 17.5 Å². The van der Waals surface area contributed by atoms with Gasteiger partial charge in [0.05, 0.1) is 6.26 Å². The fourth-order valence-corrected chi connectivity index (χ4v) is 2.86. The first-order valence-corrected chi connectivity index (χ1v) is 5.37. The summed E-state index contributed by atoms with van der Waals surface area (Å²) >= 11 is 1.95. The van der Waals surface area contributed by atoms with E-state index in [-0.39, 0.29) is 0 Å². The molecule has 0 amide bonds. The van der Waals surface area contributed by atoms with Gasteiger partial charge in [0.15, 0.2) is 0 Å². The van der Waals surface area contributed by atoms with Crippen molar-refractivity contribution in [2.45, 2.75) is 12.5 Å². The number of rotatable bonds is 2. The second kappa shape index (κ2) is 3.54.